The fourth-order valence-corrected chi connectivity index (χ4v) is 1.04. The highest BCUT2D eigenvalue weighted by molar-refractivity contribution is 5.67. The Bertz CT molecular complexity index is 186. The fourth-order valence-electron chi connectivity index (χ4n) is 1.04. The minimum atomic E-state index is -0.444. The summed E-state index contributed by atoms with van der Waals surface area (Å²) in [5, 5.41) is 5.74. The van der Waals surface area contributed by atoms with Gasteiger partial charge in [-0.2, -0.15) is 0 Å². The van der Waals surface area contributed by atoms with Gasteiger partial charge in [-0.15, -0.1) is 0 Å². The van der Waals surface area contributed by atoms with Gasteiger partial charge in [-0.25, -0.2) is 4.79 Å². The van der Waals surface area contributed by atoms with Gasteiger partial charge in [0.05, 0.1) is 0 Å². The highest BCUT2D eigenvalue weighted by Crippen LogP contribution is 2.06. The van der Waals surface area contributed by atoms with Crippen molar-refractivity contribution in [1.29, 1.82) is 0 Å². The molecule has 0 aliphatic carbocycles. The lowest BCUT2D eigenvalue weighted by Crippen LogP contribution is -2.38. The monoisotopic (exact) mass is 217 g/mol. The topological polar surface area (TPSA) is 76.4 Å². The first-order chi connectivity index (χ1) is 6.89. The van der Waals surface area contributed by atoms with Crippen LogP contribution in [-0.4, -0.2) is 37.9 Å². The summed E-state index contributed by atoms with van der Waals surface area (Å²) < 4.78 is 5.09. The first kappa shape index (κ1) is 14.2. The maximum atomic E-state index is 11.2. The van der Waals surface area contributed by atoms with Crippen molar-refractivity contribution in [1.82, 2.24) is 10.6 Å². The first-order valence-corrected chi connectivity index (χ1v) is 5.23. The predicted molar refractivity (Wildman–Crippen MR) is 60.8 cm³/mol. The lowest BCUT2D eigenvalue weighted by atomic mass is 10.2. The summed E-state index contributed by atoms with van der Waals surface area (Å²) in [6, 6.07) is 0.236. The van der Waals surface area contributed by atoms with Crippen LogP contribution in [0.15, 0.2) is 0 Å². The highest BCUT2D eigenvalue weighted by Gasteiger charge is 2.15. The van der Waals surface area contributed by atoms with Crippen molar-refractivity contribution in [3.8, 4) is 0 Å². The number of nitrogens with one attached hydrogen (secondary N) is 2. The molecule has 0 spiro atoms. The van der Waals surface area contributed by atoms with Gasteiger partial charge in [-0.3, -0.25) is 0 Å². The molecule has 15 heavy (non-hydrogen) atoms. The van der Waals surface area contributed by atoms with Gasteiger partial charge < -0.3 is 21.1 Å². The number of rotatable bonds is 5. The van der Waals surface area contributed by atoms with Crippen LogP contribution in [0.4, 0.5) is 4.79 Å². The molecule has 90 valence electrons. The van der Waals surface area contributed by atoms with Gasteiger partial charge in [0.2, 0.25) is 0 Å². The molecule has 1 amide bonds. The van der Waals surface area contributed by atoms with Gasteiger partial charge in [-0.1, -0.05) is 0 Å². The number of nitrogens with two attached hydrogens (primary N) is 1. The number of carbonyl (C=O) groups is 1. The molecule has 0 fully saturated rings. The predicted octanol–water partition coefficient (Wildman–Crippen LogP) is 0.448. The lowest BCUT2D eigenvalue weighted by molar-refractivity contribution is 0.0526. The molecule has 5 nitrogen and oxygen atoms in total. The van der Waals surface area contributed by atoms with E-state index in [0.717, 1.165) is 6.42 Å². The summed E-state index contributed by atoms with van der Waals surface area (Å²) in [6.07, 6.45) is 0.418. The number of carbonyl (C=O) groups excluding carboxylic acids is 1. The molecule has 0 rings (SSSR count). The van der Waals surface area contributed by atoms with Gasteiger partial charge in [0.15, 0.2) is 0 Å². The number of hydrogen-bond donors (Lipinski definition) is 3. The van der Waals surface area contributed by atoms with Crippen LogP contribution in [0.1, 0.15) is 27.2 Å². The van der Waals surface area contributed by atoms with Crippen molar-refractivity contribution < 1.29 is 9.53 Å². The third-order valence-electron chi connectivity index (χ3n) is 1.85. The zero-order valence-electron chi connectivity index (χ0n) is 10.1. The maximum absolute atomic E-state index is 11.2. The standard InChI is InChI=1S/C10H23N3O2/c1-10(2,3)15-9(14)13-6-5-8(7-11)12-4/h8,12H,5-7,11H2,1-4H3,(H,13,14). The average Bonchev–Trinajstić information content (AvgIpc) is 2.09. The fraction of sp³-hybridized carbons (Fsp3) is 0.900. The van der Waals surface area contributed by atoms with Crippen LogP contribution in [0, 0.1) is 0 Å². The Morgan fingerprint density at radius 2 is 2.07 bits per heavy atom. The Hall–Kier alpha value is -0.810. The minimum Gasteiger partial charge on any atom is -0.444 e. The van der Waals surface area contributed by atoms with E-state index in [4.69, 9.17) is 10.5 Å². The SMILES string of the molecule is CNC(CN)CCNC(=O)OC(C)(C)C. The summed E-state index contributed by atoms with van der Waals surface area (Å²) >= 11 is 0. The van der Waals surface area contributed by atoms with Crippen molar-refractivity contribution >= 4 is 6.09 Å². The maximum Gasteiger partial charge on any atom is 0.407 e. The Morgan fingerprint density at radius 1 is 1.47 bits per heavy atom. The van der Waals surface area contributed by atoms with Crippen molar-refractivity contribution in [2.45, 2.75) is 38.8 Å². The Balaban J connectivity index is 3.64. The van der Waals surface area contributed by atoms with Gasteiger partial charge in [-0.05, 0) is 34.2 Å². The van der Waals surface area contributed by atoms with E-state index in [-0.39, 0.29) is 12.1 Å². The van der Waals surface area contributed by atoms with Gasteiger partial charge in [0.1, 0.15) is 5.60 Å². The van der Waals surface area contributed by atoms with E-state index >= 15 is 0 Å². The second kappa shape index (κ2) is 6.63. The van der Waals surface area contributed by atoms with Crippen LogP contribution in [0.3, 0.4) is 0 Å². The molecule has 4 N–H and O–H groups in total. The molecule has 0 saturated carbocycles. The normalized spacial score (nSPS) is 13.4. The molecule has 1 atom stereocenters. The van der Waals surface area contributed by atoms with Crippen LogP contribution in [0.25, 0.3) is 0 Å². The summed E-state index contributed by atoms with van der Waals surface area (Å²) in [7, 11) is 1.85. The Kier molecular flexibility index (Phi) is 6.27. The van der Waals surface area contributed by atoms with E-state index in [1.807, 2.05) is 27.8 Å². The van der Waals surface area contributed by atoms with Crippen molar-refractivity contribution in [2.75, 3.05) is 20.1 Å². The molecular weight excluding hydrogens is 194 g/mol. The minimum absolute atomic E-state index is 0.236. The average molecular weight is 217 g/mol. The molecule has 0 aliphatic heterocycles. The van der Waals surface area contributed by atoms with Crippen molar-refractivity contribution in [2.24, 2.45) is 5.73 Å². The summed E-state index contributed by atoms with van der Waals surface area (Å²) in [4.78, 5) is 11.2. The molecule has 0 aromatic heterocycles. The second-order valence-corrected chi connectivity index (χ2v) is 4.44. The Labute approximate surface area is 91.7 Å². The van der Waals surface area contributed by atoms with E-state index < -0.39 is 5.60 Å². The third-order valence-corrected chi connectivity index (χ3v) is 1.85. The van der Waals surface area contributed by atoms with E-state index in [1.54, 1.807) is 0 Å². The summed E-state index contributed by atoms with van der Waals surface area (Å²) in [6.45, 7) is 6.64. The first-order valence-electron chi connectivity index (χ1n) is 5.23. The van der Waals surface area contributed by atoms with E-state index in [0.29, 0.717) is 13.1 Å². The lowest BCUT2D eigenvalue weighted by Gasteiger charge is -2.20. The van der Waals surface area contributed by atoms with Gasteiger partial charge in [0.25, 0.3) is 0 Å². The summed E-state index contributed by atoms with van der Waals surface area (Å²) in [5.41, 5.74) is 5.05. The number of likely N-dealkylation sites (N-methyl/N-ethyl adjacent to an activating group) is 1. The van der Waals surface area contributed by atoms with Crippen LogP contribution < -0.4 is 16.4 Å². The molecule has 5 heteroatoms. The van der Waals surface area contributed by atoms with Crippen molar-refractivity contribution in [3.05, 3.63) is 0 Å². The Morgan fingerprint density at radius 3 is 2.47 bits per heavy atom. The van der Waals surface area contributed by atoms with Crippen LogP contribution in [0.2, 0.25) is 0 Å². The zero-order valence-corrected chi connectivity index (χ0v) is 10.1. The van der Waals surface area contributed by atoms with Crippen LogP contribution >= 0.6 is 0 Å². The molecule has 0 aliphatic rings. The van der Waals surface area contributed by atoms with Gasteiger partial charge >= 0.3 is 6.09 Å². The zero-order chi connectivity index (χ0) is 11.9. The molecule has 0 aromatic rings. The van der Waals surface area contributed by atoms with Crippen molar-refractivity contribution in [3.63, 3.8) is 0 Å². The van der Waals surface area contributed by atoms with Crippen LogP contribution in [-0.2, 0) is 4.74 Å². The molecule has 1 unspecified atom stereocenters. The quantitative estimate of drug-likeness (QED) is 0.625. The van der Waals surface area contributed by atoms with E-state index in [9.17, 15) is 4.79 Å². The highest BCUT2D eigenvalue weighted by atomic mass is 16.6. The van der Waals surface area contributed by atoms with E-state index in [1.165, 1.54) is 0 Å². The molecule has 0 aromatic carbocycles. The molecular formula is C10H23N3O2. The molecule has 0 bridgehead atoms. The van der Waals surface area contributed by atoms with E-state index in [2.05, 4.69) is 10.6 Å². The third kappa shape index (κ3) is 8.20. The molecule has 0 heterocycles. The van der Waals surface area contributed by atoms with Gasteiger partial charge in [0, 0.05) is 19.1 Å². The number of hydrogen-bond acceptors (Lipinski definition) is 4. The number of ether oxygens (including phenoxy) is 1. The molecule has 0 radical (unpaired) electrons. The molecule has 0 saturated heterocycles. The number of alkyl carbamates (subject to hydrolysis) is 1. The number of amides is 1. The largest absolute Gasteiger partial charge is 0.444 e. The van der Waals surface area contributed by atoms with Crippen LogP contribution in [0.5, 0.6) is 0 Å². The second-order valence-electron chi connectivity index (χ2n) is 4.44. The summed E-state index contributed by atoms with van der Waals surface area (Å²) in [5.74, 6) is 0. The smallest absolute Gasteiger partial charge is 0.407 e.